The van der Waals surface area contributed by atoms with Crippen molar-refractivity contribution in [2.24, 2.45) is 11.7 Å². The Balaban J connectivity index is 2.50. The van der Waals surface area contributed by atoms with Gasteiger partial charge in [-0.05, 0) is 30.9 Å². The number of hydrogen-bond donors (Lipinski definition) is 2. The molecule has 0 heterocycles. The lowest BCUT2D eigenvalue weighted by molar-refractivity contribution is -0.122. The van der Waals surface area contributed by atoms with Crippen LogP contribution in [0.1, 0.15) is 25.8 Å². The number of nitrogens with two attached hydrogens (primary N) is 1. The SMILES string of the molecule is COc1ccccc1CC(C)CC(=O)N[C@@H](C)CN. The number of carbonyl (C=O) groups excluding carboxylic acids is 1. The first-order valence-corrected chi connectivity index (χ1v) is 6.68. The average Bonchev–Trinajstić information content (AvgIpc) is 2.38. The molecule has 0 aliphatic carbocycles. The number of methoxy groups -OCH3 is 1. The summed E-state index contributed by atoms with van der Waals surface area (Å²) in [6, 6.07) is 7.95. The summed E-state index contributed by atoms with van der Waals surface area (Å²) in [4.78, 5) is 11.8. The third-order valence-corrected chi connectivity index (χ3v) is 3.06. The van der Waals surface area contributed by atoms with E-state index < -0.39 is 0 Å². The van der Waals surface area contributed by atoms with E-state index in [1.165, 1.54) is 0 Å². The van der Waals surface area contributed by atoms with Crippen LogP contribution in [0.2, 0.25) is 0 Å². The molecule has 0 aliphatic rings. The normalized spacial score (nSPS) is 13.7. The van der Waals surface area contributed by atoms with E-state index in [0.717, 1.165) is 17.7 Å². The maximum Gasteiger partial charge on any atom is 0.220 e. The standard InChI is InChI=1S/C15H24N2O2/c1-11(9-15(18)17-12(2)10-16)8-13-6-4-5-7-14(13)19-3/h4-7,11-12H,8-10,16H2,1-3H3,(H,17,18)/t11?,12-/m0/s1. The summed E-state index contributed by atoms with van der Waals surface area (Å²) in [6.45, 7) is 4.44. The van der Waals surface area contributed by atoms with Crippen LogP contribution in [0, 0.1) is 5.92 Å². The molecular formula is C15H24N2O2. The van der Waals surface area contributed by atoms with Crippen LogP contribution in [0.3, 0.4) is 0 Å². The Morgan fingerprint density at radius 1 is 1.37 bits per heavy atom. The monoisotopic (exact) mass is 264 g/mol. The topological polar surface area (TPSA) is 64.3 Å². The van der Waals surface area contributed by atoms with Gasteiger partial charge in [0, 0.05) is 19.0 Å². The van der Waals surface area contributed by atoms with Gasteiger partial charge < -0.3 is 15.8 Å². The second-order valence-electron chi connectivity index (χ2n) is 5.03. The van der Waals surface area contributed by atoms with Crippen LogP contribution in [-0.2, 0) is 11.2 Å². The fourth-order valence-electron chi connectivity index (χ4n) is 2.03. The van der Waals surface area contributed by atoms with Gasteiger partial charge in [0.2, 0.25) is 5.91 Å². The molecule has 0 saturated carbocycles. The van der Waals surface area contributed by atoms with Gasteiger partial charge in [0.05, 0.1) is 7.11 Å². The smallest absolute Gasteiger partial charge is 0.220 e. The molecule has 0 aliphatic heterocycles. The fraction of sp³-hybridized carbons (Fsp3) is 0.533. The van der Waals surface area contributed by atoms with Crippen molar-refractivity contribution in [2.45, 2.75) is 32.7 Å². The Kier molecular flexibility index (Phi) is 6.36. The fourth-order valence-corrected chi connectivity index (χ4v) is 2.03. The largest absolute Gasteiger partial charge is 0.496 e. The molecule has 1 aromatic rings. The molecule has 0 radical (unpaired) electrons. The lowest BCUT2D eigenvalue weighted by atomic mass is 9.97. The molecule has 0 bridgehead atoms. The lowest BCUT2D eigenvalue weighted by Crippen LogP contribution is -2.38. The van der Waals surface area contributed by atoms with Gasteiger partial charge in [-0.15, -0.1) is 0 Å². The van der Waals surface area contributed by atoms with Crippen molar-refractivity contribution >= 4 is 5.91 Å². The Bertz CT molecular complexity index is 407. The summed E-state index contributed by atoms with van der Waals surface area (Å²) < 4.78 is 5.32. The third-order valence-electron chi connectivity index (χ3n) is 3.06. The van der Waals surface area contributed by atoms with Gasteiger partial charge in [-0.3, -0.25) is 4.79 Å². The Morgan fingerprint density at radius 3 is 2.68 bits per heavy atom. The zero-order chi connectivity index (χ0) is 14.3. The molecule has 106 valence electrons. The number of rotatable bonds is 7. The highest BCUT2D eigenvalue weighted by Gasteiger charge is 2.13. The van der Waals surface area contributed by atoms with Gasteiger partial charge in [0.25, 0.3) is 0 Å². The molecule has 0 aromatic heterocycles. The number of carbonyl (C=O) groups is 1. The highest BCUT2D eigenvalue weighted by Crippen LogP contribution is 2.21. The average molecular weight is 264 g/mol. The molecule has 0 spiro atoms. The molecule has 1 aromatic carbocycles. The molecule has 4 heteroatoms. The van der Waals surface area contributed by atoms with E-state index in [2.05, 4.69) is 12.2 Å². The predicted molar refractivity (Wildman–Crippen MR) is 77.1 cm³/mol. The highest BCUT2D eigenvalue weighted by molar-refractivity contribution is 5.76. The van der Waals surface area contributed by atoms with E-state index in [9.17, 15) is 4.79 Å². The minimum absolute atomic E-state index is 0.0333. The first-order chi connectivity index (χ1) is 9.06. The third kappa shape index (κ3) is 5.30. The molecule has 4 nitrogen and oxygen atoms in total. The number of amides is 1. The Morgan fingerprint density at radius 2 is 2.05 bits per heavy atom. The van der Waals surface area contributed by atoms with Crippen LogP contribution in [0.4, 0.5) is 0 Å². The second-order valence-corrected chi connectivity index (χ2v) is 5.03. The molecule has 1 unspecified atom stereocenters. The van der Waals surface area contributed by atoms with Crippen molar-refractivity contribution in [3.63, 3.8) is 0 Å². The summed E-state index contributed by atoms with van der Waals surface area (Å²) in [5.41, 5.74) is 6.62. The molecule has 1 amide bonds. The van der Waals surface area contributed by atoms with Gasteiger partial charge in [0.1, 0.15) is 5.75 Å². The van der Waals surface area contributed by atoms with Crippen LogP contribution in [-0.4, -0.2) is 25.6 Å². The van der Waals surface area contributed by atoms with Crippen LogP contribution < -0.4 is 15.8 Å². The summed E-state index contributed by atoms with van der Waals surface area (Å²) in [7, 11) is 1.67. The molecule has 0 saturated heterocycles. The maximum atomic E-state index is 11.8. The highest BCUT2D eigenvalue weighted by atomic mass is 16.5. The van der Waals surface area contributed by atoms with E-state index >= 15 is 0 Å². The van der Waals surface area contributed by atoms with Crippen LogP contribution in [0.5, 0.6) is 5.75 Å². The van der Waals surface area contributed by atoms with E-state index in [1.807, 2.05) is 31.2 Å². The van der Waals surface area contributed by atoms with Gasteiger partial charge in [0.15, 0.2) is 0 Å². The van der Waals surface area contributed by atoms with Crippen molar-refractivity contribution < 1.29 is 9.53 Å². The van der Waals surface area contributed by atoms with Crippen molar-refractivity contribution in [3.8, 4) is 5.75 Å². The summed E-state index contributed by atoms with van der Waals surface area (Å²) in [6.07, 6.45) is 1.33. The molecule has 1 rings (SSSR count). The van der Waals surface area contributed by atoms with Gasteiger partial charge >= 0.3 is 0 Å². The van der Waals surface area contributed by atoms with Gasteiger partial charge in [-0.2, -0.15) is 0 Å². The molecule has 19 heavy (non-hydrogen) atoms. The molecular weight excluding hydrogens is 240 g/mol. The van der Waals surface area contributed by atoms with Crippen LogP contribution in [0.15, 0.2) is 24.3 Å². The first-order valence-electron chi connectivity index (χ1n) is 6.68. The number of ether oxygens (including phenoxy) is 1. The minimum Gasteiger partial charge on any atom is -0.496 e. The molecule has 2 atom stereocenters. The Labute approximate surface area is 115 Å². The number of benzene rings is 1. The second kappa shape index (κ2) is 7.79. The van der Waals surface area contributed by atoms with Crippen molar-refractivity contribution in [1.29, 1.82) is 0 Å². The first kappa shape index (κ1) is 15.5. The van der Waals surface area contributed by atoms with E-state index in [1.54, 1.807) is 7.11 Å². The number of nitrogens with one attached hydrogen (secondary N) is 1. The number of para-hydroxylation sites is 1. The van der Waals surface area contributed by atoms with E-state index in [4.69, 9.17) is 10.5 Å². The Hall–Kier alpha value is -1.55. The lowest BCUT2D eigenvalue weighted by Gasteiger charge is -2.16. The summed E-state index contributed by atoms with van der Waals surface area (Å²) in [5, 5.41) is 2.88. The van der Waals surface area contributed by atoms with Crippen molar-refractivity contribution in [1.82, 2.24) is 5.32 Å². The van der Waals surface area contributed by atoms with Crippen molar-refractivity contribution in [2.75, 3.05) is 13.7 Å². The van der Waals surface area contributed by atoms with Gasteiger partial charge in [-0.1, -0.05) is 25.1 Å². The van der Waals surface area contributed by atoms with Crippen molar-refractivity contribution in [3.05, 3.63) is 29.8 Å². The van der Waals surface area contributed by atoms with E-state index in [0.29, 0.717) is 13.0 Å². The minimum atomic E-state index is 0.0333. The maximum absolute atomic E-state index is 11.8. The van der Waals surface area contributed by atoms with Crippen LogP contribution >= 0.6 is 0 Å². The molecule has 3 N–H and O–H groups in total. The quantitative estimate of drug-likeness (QED) is 0.788. The molecule has 0 fully saturated rings. The predicted octanol–water partition coefficient (Wildman–Crippen LogP) is 1.73. The van der Waals surface area contributed by atoms with E-state index in [-0.39, 0.29) is 17.9 Å². The number of hydrogen-bond acceptors (Lipinski definition) is 3. The van der Waals surface area contributed by atoms with Crippen LogP contribution in [0.25, 0.3) is 0 Å². The van der Waals surface area contributed by atoms with Gasteiger partial charge in [-0.25, -0.2) is 0 Å². The zero-order valence-electron chi connectivity index (χ0n) is 12.0. The summed E-state index contributed by atoms with van der Waals surface area (Å²) >= 11 is 0. The zero-order valence-corrected chi connectivity index (χ0v) is 12.0. The summed E-state index contributed by atoms with van der Waals surface area (Å²) in [5.74, 6) is 1.20.